The van der Waals surface area contributed by atoms with E-state index in [4.69, 9.17) is 5.73 Å². The van der Waals surface area contributed by atoms with Gasteiger partial charge in [0.15, 0.2) is 0 Å². The summed E-state index contributed by atoms with van der Waals surface area (Å²) in [7, 11) is 2.06. The summed E-state index contributed by atoms with van der Waals surface area (Å²) in [5.74, 6) is 0. The number of nitrogens with two attached hydrogens (primary N) is 1. The van der Waals surface area contributed by atoms with Crippen LogP contribution < -0.4 is 10.6 Å². The first-order valence-electron chi connectivity index (χ1n) is 5.01. The standard InChI is InChI=1S/C9H18N4S/c1-3-4-7-13(2)9-12-11-8(14-9)5-6-10/h3-7,10H2,1-2H3. The summed E-state index contributed by atoms with van der Waals surface area (Å²) in [6, 6.07) is 0. The summed E-state index contributed by atoms with van der Waals surface area (Å²) < 4.78 is 0. The maximum Gasteiger partial charge on any atom is 0.208 e. The van der Waals surface area contributed by atoms with Crippen molar-refractivity contribution in [1.29, 1.82) is 0 Å². The maximum absolute atomic E-state index is 5.45. The molecule has 1 rings (SSSR count). The van der Waals surface area contributed by atoms with Gasteiger partial charge in [-0.2, -0.15) is 0 Å². The fourth-order valence-electron chi connectivity index (χ4n) is 1.11. The smallest absolute Gasteiger partial charge is 0.208 e. The average Bonchev–Trinajstić information content (AvgIpc) is 2.63. The van der Waals surface area contributed by atoms with Gasteiger partial charge in [-0.05, 0) is 13.0 Å². The Morgan fingerprint density at radius 2 is 2.21 bits per heavy atom. The molecule has 0 aliphatic rings. The van der Waals surface area contributed by atoms with Gasteiger partial charge in [-0.25, -0.2) is 0 Å². The summed E-state index contributed by atoms with van der Waals surface area (Å²) in [6.45, 7) is 3.88. The topological polar surface area (TPSA) is 55.0 Å². The second kappa shape index (κ2) is 5.93. The van der Waals surface area contributed by atoms with Crippen molar-refractivity contribution in [3.8, 4) is 0 Å². The fourth-order valence-corrected chi connectivity index (χ4v) is 1.96. The van der Waals surface area contributed by atoms with E-state index in [0.717, 1.165) is 23.1 Å². The highest BCUT2D eigenvalue weighted by Crippen LogP contribution is 2.19. The van der Waals surface area contributed by atoms with E-state index in [1.54, 1.807) is 11.3 Å². The zero-order valence-electron chi connectivity index (χ0n) is 8.86. The first-order chi connectivity index (χ1) is 6.77. The van der Waals surface area contributed by atoms with Gasteiger partial charge in [0.05, 0.1) is 0 Å². The Labute approximate surface area is 89.1 Å². The van der Waals surface area contributed by atoms with E-state index in [-0.39, 0.29) is 0 Å². The SMILES string of the molecule is CCCCN(C)c1nnc(CCN)s1. The lowest BCUT2D eigenvalue weighted by molar-refractivity contribution is 0.760. The lowest BCUT2D eigenvalue weighted by atomic mass is 10.3. The third-order valence-electron chi connectivity index (χ3n) is 1.99. The van der Waals surface area contributed by atoms with Crippen LogP contribution >= 0.6 is 11.3 Å². The van der Waals surface area contributed by atoms with Crippen molar-refractivity contribution in [3.63, 3.8) is 0 Å². The highest BCUT2D eigenvalue weighted by molar-refractivity contribution is 7.15. The second-order valence-electron chi connectivity index (χ2n) is 3.29. The van der Waals surface area contributed by atoms with Crippen LogP contribution in [0.4, 0.5) is 5.13 Å². The van der Waals surface area contributed by atoms with Crippen LogP contribution in [0, 0.1) is 0 Å². The normalized spacial score (nSPS) is 10.5. The molecule has 0 saturated heterocycles. The quantitative estimate of drug-likeness (QED) is 0.775. The first kappa shape index (κ1) is 11.4. The van der Waals surface area contributed by atoms with Crippen molar-refractivity contribution in [2.45, 2.75) is 26.2 Å². The van der Waals surface area contributed by atoms with Crippen LogP contribution in [0.1, 0.15) is 24.8 Å². The van der Waals surface area contributed by atoms with Gasteiger partial charge in [0.1, 0.15) is 5.01 Å². The van der Waals surface area contributed by atoms with E-state index < -0.39 is 0 Å². The minimum Gasteiger partial charge on any atom is -0.350 e. The number of anilines is 1. The van der Waals surface area contributed by atoms with E-state index in [1.807, 2.05) is 0 Å². The molecule has 4 nitrogen and oxygen atoms in total. The van der Waals surface area contributed by atoms with E-state index in [2.05, 4.69) is 29.1 Å². The molecule has 0 bridgehead atoms. The zero-order valence-corrected chi connectivity index (χ0v) is 9.68. The zero-order chi connectivity index (χ0) is 10.4. The second-order valence-corrected chi connectivity index (χ2v) is 4.33. The summed E-state index contributed by atoms with van der Waals surface area (Å²) >= 11 is 1.64. The van der Waals surface area contributed by atoms with E-state index >= 15 is 0 Å². The van der Waals surface area contributed by atoms with Gasteiger partial charge in [-0.1, -0.05) is 24.7 Å². The Balaban J connectivity index is 2.48. The van der Waals surface area contributed by atoms with Crippen molar-refractivity contribution in [3.05, 3.63) is 5.01 Å². The van der Waals surface area contributed by atoms with Crippen molar-refractivity contribution in [1.82, 2.24) is 10.2 Å². The van der Waals surface area contributed by atoms with Gasteiger partial charge in [0, 0.05) is 20.0 Å². The number of hydrogen-bond acceptors (Lipinski definition) is 5. The summed E-state index contributed by atoms with van der Waals surface area (Å²) in [4.78, 5) is 2.15. The van der Waals surface area contributed by atoms with Crippen molar-refractivity contribution >= 4 is 16.5 Å². The van der Waals surface area contributed by atoms with Crippen LogP contribution in [0.25, 0.3) is 0 Å². The Morgan fingerprint density at radius 1 is 1.43 bits per heavy atom. The summed E-state index contributed by atoms with van der Waals surface area (Å²) in [6.07, 6.45) is 3.24. The lowest BCUT2D eigenvalue weighted by Gasteiger charge is -2.13. The molecule has 5 heteroatoms. The predicted molar refractivity (Wildman–Crippen MR) is 60.8 cm³/mol. The summed E-state index contributed by atoms with van der Waals surface area (Å²) in [5, 5.41) is 10.2. The number of unbranched alkanes of at least 4 members (excludes halogenated alkanes) is 1. The Bertz CT molecular complexity index is 261. The van der Waals surface area contributed by atoms with Gasteiger partial charge in [0.2, 0.25) is 5.13 Å². The monoisotopic (exact) mass is 214 g/mol. The Hall–Kier alpha value is -0.680. The largest absolute Gasteiger partial charge is 0.350 e. The molecule has 0 unspecified atom stereocenters. The number of nitrogens with zero attached hydrogens (tertiary/aromatic N) is 3. The minimum atomic E-state index is 0.646. The Morgan fingerprint density at radius 3 is 2.86 bits per heavy atom. The van der Waals surface area contributed by atoms with Crippen LogP contribution in [0.3, 0.4) is 0 Å². The minimum absolute atomic E-state index is 0.646. The fraction of sp³-hybridized carbons (Fsp3) is 0.778. The number of hydrogen-bond donors (Lipinski definition) is 1. The van der Waals surface area contributed by atoms with Crippen LogP contribution in [-0.2, 0) is 6.42 Å². The van der Waals surface area contributed by atoms with Gasteiger partial charge in [-0.15, -0.1) is 10.2 Å². The molecule has 0 fully saturated rings. The molecule has 0 radical (unpaired) electrons. The molecule has 0 aromatic carbocycles. The Kier molecular flexibility index (Phi) is 4.82. The van der Waals surface area contributed by atoms with Crippen molar-refractivity contribution < 1.29 is 0 Å². The van der Waals surface area contributed by atoms with Gasteiger partial charge in [-0.3, -0.25) is 0 Å². The maximum atomic E-state index is 5.45. The van der Waals surface area contributed by atoms with Gasteiger partial charge < -0.3 is 10.6 Å². The van der Waals surface area contributed by atoms with E-state index in [1.165, 1.54) is 12.8 Å². The number of aromatic nitrogens is 2. The third kappa shape index (κ3) is 3.23. The molecule has 14 heavy (non-hydrogen) atoms. The third-order valence-corrected chi connectivity index (χ3v) is 3.09. The molecule has 0 aliphatic carbocycles. The summed E-state index contributed by atoms with van der Waals surface area (Å²) in [5.41, 5.74) is 5.45. The molecule has 1 heterocycles. The molecular formula is C9H18N4S. The van der Waals surface area contributed by atoms with Crippen LogP contribution in [0.5, 0.6) is 0 Å². The molecule has 2 N–H and O–H groups in total. The van der Waals surface area contributed by atoms with Crippen LogP contribution in [0.15, 0.2) is 0 Å². The molecule has 0 aliphatic heterocycles. The molecule has 0 atom stereocenters. The lowest BCUT2D eigenvalue weighted by Crippen LogP contribution is -2.17. The molecule has 0 spiro atoms. The van der Waals surface area contributed by atoms with E-state index in [9.17, 15) is 0 Å². The number of rotatable bonds is 6. The molecule has 0 amide bonds. The molecule has 1 aromatic heterocycles. The highest BCUT2D eigenvalue weighted by atomic mass is 32.1. The molecular weight excluding hydrogens is 196 g/mol. The highest BCUT2D eigenvalue weighted by Gasteiger charge is 2.07. The van der Waals surface area contributed by atoms with E-state index in [0.29, 0.717) is 6.54 Å². The molecule has 80 valence electrons. The van der Waals surface area contributed by atoms with Crippen LogP contribution in [0.2, 0.25) is 0 Å². The van der Waals surface area contributed by atoms with Gasteiger partial charge >= 0.3 is 0 Å². The predicted octanol–water partition coefficient (Wildman–Crippen LogP) is 1.28. The molecule has 0 saturated carbocycles. The first-order valence-corrected chi connectivity index (χ1v) is 5.83. The van der Waals surface area contributed by atoms with Crippen LogP contribution in [-0.4, -0.2) is 30.3 Å². The average molecular weight is 214 g/mol. The van der Waals surface area contributed by atoms with Crippen molar-refractivity contribution in [2.24, 2.45) is 5.73 Å². The molecule has 1 aromatic rings. The van der Waals surface area contributed by atoms with Gasteiger partial charge in [0.25, 0.3) is 0 Å². The van der Waals surface area contributed by atoms with Crippen molar-refractivity contribution in [2.75, 3.05) is 25.0 Å².